The topological polar surface area (TPSA) is 62.5 Å². The van der Waals surface area contributed by atoms with Gasteiger partial charge in [-0.15, -0.1) is 0 Å². The van der Waals surface area contributed by atoms with Crippen molar-refractivity contribution in [3.63, 3.8) is 0 Å². The number of para-hydroxylation sites is 1. The lowest BCUT2D eigenvalue weighted by molar-refractivity contribution is -0.257. The number of furan rings is 1. The number of carbonyl (C=O) groups is 1. The van der Waals surface area contributed by atoms with Crippen molar-refractivity contribution in [3.05, 3.63) is 53.0 Å². The lowest BCUT2D eigenvalue weighted by Crippen LogP contribution is -2.21. The Balaban J connectivity index is 2.21. The summed E-state index contributed by atoms with van der Waals surface area (Å²) in [7, 11) is 0. The van der Waals surface area contributed by atoms with Gasteiger partial charge in [-0.2, -0.15) is 0 Å². The van der Waals surface area contributed by atoms with Crippen molar-refractivity contribution < 1.29 is 19.1 Å². The van der Waals surface area contributed by atoms with Crippen molar-refractivity contribution in [2.75, 3.05) is 0 Å². The highest BCUT2D eigenvalue weighted by Gasteiger charge is 2.20. The second-order valence-electron chi connectivity index (χ2n) is 6.04. The molecule has 4 nitrogen and oxygen atoms in total. The van der Waals surface area contributed by atoms with E-state index in [1.54, 1.807) is 6.07 Å². The van der Waals surface area contributed by atoms with Crippen LogP contribution in [-0.2, 0) is 12.0 Å². The predicted molar refractivity (Wildman–Crippen MR) is 77.2 cm³/mol. The van der Waals surface area contributed by atoms with Crippen LogP contribution in [0.4, 0.5) is 0 Å². The molecule has 1 aromatic heterocycles. The first-order chi connectivity index (χ1) is 9.79. The lowest BCUT2D eigenvalue weighted by atomic mass is 9.85. The second kappa shape index (κ2) is 5.64. The zero-order valence-corrected chi connectivity index (χ0v) is 12.7. The van der Waals surface area contributed by atoms with Crippen LogP contribution in [0.3, 0.4) is 0 Å². The van der Waals surface area contributed by atoms with Crippen LogP contribution in [0.2, 0.25) is 0 Å². The summed E-state index contributed by atoms with van der Waals surface area (Å²) >= 11 is 0. The fourth-order valence-corrected chi connectivity index (χ4v) is 2.14. The maximum absolute atomic E-state index is 10.7. The van der Waals surface area contributed by atoms with Gasteiger partial charge in [-0.1, -0.05) is 39.0 Å². The number of aromatic carboxylic acids is 1. The molecule has 21 heavy (non-hydrogen) atoms. The molecule has 0 bridgehead atoms. The van der Waals surface area contributed by atoms with Crippen LogP contribution in [0.25, 0.3) is 0 Å². The highest BCUT2D eigenvalue weighted by molar-refractivity contribution is 5.82. The van der Waals surface area contributed by atoms with Gasteiger partial charge < -0.3 is 19.1 Å². The van der Waals surface area contributed by atoms with E-state index in [4.69, 9.17) is 9.15 Å². The molecule has 0 saturated heterocycles. The molecule has 0 atom stereocenters. The molecule has 1 aromatic carbocycles. The largest absolute Gasteiger partial charge is 0.542 e. The van der Waals surface area contributed by atoms with E-state index in [2.05, 4.69) is 20.8 Å². The number of hydrogen-bond donors (Lipinski definition) is 0. The van der Waals surface area contributed by atoms with Gasteiger partial charge in [0.05, 0.1) is 0 Å². The van der Waals surface area contributed by atoms with Crippen molar-refractivity contribution in [1.29, 1.82) is 0 Å². The third kappa shape index (κ3) is 3.45. The number of hydrogen-bond acceptors (Lipinski definition) is 4. The number of ether oxygens (including phenoxy) is 1. The Morgan fingerprint density at radius 1 is 1.24 bits per heavy atom. The van der Waals surface area contributed by atoms with Crippen LogP contribution in [0.15, 0.2) is 34.7 Å². The molecule has 0 aliphatic heterocycles. The lowest BCUT2D eigenvalue weighted by Gasteiger charge is -2.24. The van der Waals surface area contributed by atoms with Crippen molar-refractivity contribution in [1.82, 2.24) is 0 Å². The minimum Gasteiger partial charge on any atom is -0.542 e. The maximum Gasteiger partial charge on any atom is 0.149 e. The van der Waals surface area contributed by atoms with Crippen molar-refractivity contribution in [3.8, 4) is 5.75 Å². The van der Waals surface area contributed by atoms with Gasteiger partial charge in [0.15, 0.2) is 0 Å². The van der Waals surface area contributed by atoms with Crippen LogP contribution < -0.4 is 9.84 Å². The van der Waals surface area contributed by atoms with Crippen LogP contribution >= 0.6 is 0 Å². The van der Waals surface area contributed by atoms with Gasteiger partial charge in [-0.3, -0.25) is 0 Å². The van der Waals surface area contributed by atoms with Crippen LogP contribution in [-0.4, -0.2) is 5.97 Å². The van der Waals surface area contributed by atoms with Gasteiger partial charge in [-0.25, -0.2) is 0 Å². The standard InChI is InChI=1S/C17H20O4/c1-11-6-5-7-13(17(2,3)4)15(11)20-10-12-8-9-14(21-12)16(18)19/h5-9H,10H2,1-4H3,(H,18,19)/p-1. The monoisotopic (exact) mass is 287 g/mol. The molecular formula is C17H19O4-. The van der Waals surface area contributed by atoms with Gasteiger partial charge in [0.25, 0.3) is 0 Å². The van der Waals surface area contributed by atoms with Crippen LogP contribution in [0.5, 0.6) is 5.75 Å². The molecule has 0 unspecified atom stereocenters. The SMILES string of the molecule is Cc1cccc(C(C)(C)C)c1OCc1ccc(C(=O)[O-])o1. The minimum atomic E-state index is -1.33. The van der Waals surface area contributed by atoms with Crippen molar-refractivity contribution in [2.24, 2.45) is 0 Å². The Bertz CT molecular complexity index is 647. The highest BCUT2D eigenvalue weighted by Crippen LogP contribution is 2.34. The Hall–Kier alpha value is -2.23. The minimum absolute atomic E-state index is 0.0410. The summed E-state index contributed by atoms with van der Waals surface area (Å²) < 4.78 is 11.0. The van der Waals surface area contributed by atoms with Gasteiger partial charge in [-0.05, 0) is 35.6 Å². The van der Waals surface area contributed by atoms with E-state index in [0.29, 0.717) is 5.76 Å². The molecule has 2 rings (SSSR count). The summed E-state index contributed by atoms with van der Waals surface area (Å²) in [6.45, 7) is 8.53. The molecule has 112 valence electrons. The molecular weight excluding hydrogens is 268 g/mol. The highest BCUT2D eigenvalue weighted by atomic mass is 16.5. The maximum atomic E-state index is 10.7. The fourth-order valence-electron chi connectivity index (χ4n) is 2.14. The number of carboxylic acids is 1. The van der Waals surface area contributed by atoms with Gasteiger partial charge in [0.2, 0.25) is 0 Å². The quantitative estimate of drug-likeness (QED) is 0.867. The van der Waals surface area contributed by atoms with Crippen molar-refractivity contribution in [2.45, 2.75) is 39.7 Å². The van der Waals surface area contributed by atoms with Crippen LogP contribution in [0, 0.1) is 6.92 Å². The predicted octanol–water partition coefficient (Wildman–Crippen LogP) is 2.83. The summed E-state index contributed by atoms with van der Waals surface area (Å²) in [4.78, 5) is 10.7. The molecule has 0 saturated carbocycles. The van der Waals surface area contributed by atoms with E-state index in [9.17, 15) is 9.90 Å². The van der Waals surface area contributed by atoms with E-state index in [0.717, 1.165) is 16.9 Å². The van der Waals surface area contributed by atoms with Gasteiger partial charge >= 0.3 is 0 Å². The summed E-state index contributed by atoms with van der Waals surface area (Å²) in [5.41, 5.74) is 2.10. The molecule has 0 radical (unpaired) electrons. The molecule has 1 heterocycles. The molecule has 0 aliphatic carbocycles. The Morgan fingerprint density at radius 2 is 1.95 bits per heavy atom. The third-order valence-electron chi connectivity index (χ3n) is 3.24. The van der Waals surface area contributed by atoms with Crippen LogP contribution in [0.1, 0.15) is 48.2 Å². The number of carbonyl (C=O) groups excluding carboxylic acids is 1. The second-order valence-corrected chi connectivity index (χ2v) is 6.04. The third-order valence-corrected chi connectivity index (χ3v) is 3.24. The Morgan fingerprint density at radius 3 is 2.52 bits per heavy atom. The average molecular weight is 287 g/mol. The number of aryl methyl sites for hydroxylation is 1. The Kier molecular flexibility index (Phi) is 4.07. The van der Waals surface area contributed by atoms with E-state index in [-0.39, 0.29) is 17.8 Å². The normalized spacial score (nSPS) is 11.4. The number of rotatable bonds is 4. The molecule has 0 N–H and O–H groups in total. The van der Waals surface area contributed by atoms with E-state index in [1.165, 1.54) is 6.07 Å². The Labute approximate surface area is 124 Å². The van der Waals surface area contributed by atoms with E-state index in [1.807, 2.05) is 25.1 Å². The van der Waals surface area contributed by atoms with Gasteiger partial charge in [0.1, 0.15) is 29.8 Å². The number of benzene rings is 1. The summed E-state index contributed by atoms with van der Waals surface area (Å²) in [5, 5.41) is 10.7. The summed E-state index contributed by atoms with van der Waals surface area (Å²) in [6, 6.07) is 8.98. The molecule has 0 spiro atoms. The molecule has 0 amide bonds. The first kappa shape index (κ1) is 15.2. The zero-order chi connectivity index (χ0) is 15.6. The molecule has 2 aromatic rings. The van der Waals surface area contributed by atoms with Crippen molar-refractivity contribution >= 4 is 5.97 Å². The molecule has 0 aliphatic rings. The molecule has 4 heteroatoms. The molecule has 0 fully saturated rings. The first-order valence-corrected chi connectivity index (χ1v) is 6.82. The average Bonchev–Trinajstić information content (AvgIpc) is 2.85. The number of carboxylic acid groups (broad SMARTS) is 1. The zero-order valence-electron chi connectivity index (χ0n) is 12.7. The summed E-state index contributed by atoms with van der Waals surface area (Å²) in [5.74, 6) is -0.240. The smallest absolute Gasteiger partial charge is 0.149 e. The first-order valence-electron chi connectivity index (χ1n) is 6.82. The van der Waals surface area contributed by atoms with E-state index >= 15 is 0 Å². The van der Waals surface area contributed by atoms with E-state index < -0.39 is 5.97 Å². The van der Waals surface area contributed by atoms with Gasteiger partial charge in [0, 0.05) is 0 Å². The summed E-state index contributed by atoms with van der Waals surface area (Å²) in [6.07, 6.45) is 0. The fraction of sp³-hybridized carbons (Fsp3) is 0.353.